The predicted octanol–water partition coefficient (Wildman–Crippen LogP) is 4.39. The number of hydrogen-bond donors (Lipinski definition) is 3. The third kappa shape index (κ3) is 8.23. The summed E-state index contributed by atoms with van der Waals surface area (Å²) < 4.78 is 1.94. The van der Waals surface area contributed by atoms with Crippen molar-refractivity contribution in [3.8, 4) is 0 Å². The highest BCUT2D eigenvalue weighted by molar-refractivity contribution is 8.16. The van der Waals surface area contributed by atoms with Gasteiger partial charge >= 0.3 is 17.9 Å². The van der Waals surface area contributed by atoms with Gasteiger partial charge < -0.3 is 19.9 Å². The van der Waals surface area contributed by atoms with E-state index in [9.17, 15) is 14.4 Å². The third-order valence-corrected chi connectivity index (χ3v) is 7.46. The normalized spacial score (nSPS) is 11.1. The molecule has 0 aliphatic rings. The van der Waals surface area contributed by atoms with Crippen molar-refractivity contribution in [2.24, 2.45) is 0 Å². The molecule has 32 heavy (non-hydrogen) atoms. The van der Waals surface area contributed by atoms with Gasteiger partial charge in [-0.15, -0.1) is 23.5 Å². The smallest absolute Gasteiger partial charge is 0.335 e. The molecule has 0 spiro atoms. The fourth-order valence-electron chi connectivity index (χ4n) is 2.99. The summed E-state index contributed by atoms with van der Waals surface area (Å²) in [7, 11) is 0. The quantitative estimate of drug-likeness (QED) is 0.318. The van der Waals surface area contributed by atoms with Gasteiger partial charge in [-0.3, -0.25) is 9.59 Å². The van der Waals surface area contributed by atoms with E-state index in [2.05, 4.69) is 16.5 Å². The number of nitrogens with zero attached hydrogens (tertiary/aromatic N) is 2. The lowest BCUT2D eigenvalue weighted by Crippen LogP contribution is -2.11. The van der Waals surface area contributed by atoms with Crippen LogP contribution in [0.3, 0.4) is 0 Å². The Morgan fingerprint density at radius 1 is 1.00 bits per heavy atom. The molecule has 0 atom stereocenters. The number of thioether (sulfide) groups is 2. The number of rotatable bonds is 15. The fraction of sp³-hybridized carbons (Fsp3) is 0.455. The molecular formula is C22H28N2O6S2. The van der Waals surface area contributed by atoms with Gasteiger partial charge in [-0.1, -0.05) is 25.5 Å². The average molecular weight is 481 g/mol. The molecule has 0 amide bonds. The number of hydrogen-bond acceptors (Lipinski definition) is 6. The minimum absolute atomic E-state index is 0.0220. The summed E-state index contributed by atoms with van der Waals surface area (Å²) in [6, 6.07) is 6.70. The van der Waals surface area contributed by atoms with E-state index >= 15 is 0 Å². The number of unbranched alkanes of at least 4 members (excludes halogenated alkanes) is 1. The fourth-order valence-corrected chi connectivity index (χ4v) is 5.69. The van der Waals surface area contributed by atoms with Crippen LogP contribution in [0.2, 0.25) is 0 Å². The maximum Gasteiger partial charge on any atom is 0.335 e. The van der Waals surface area contributed by atoms with Gasteiger partial charge in [-0.2, -0.15) is 0 Å². The van der Waals surface area contributed by atoms with E-state index < -0.39 is 17.9 Å². The second-order valence-corrected chi connectivity index (χ2v) is 9.88. The number of aryl methyl sites for hydroxylation is 1. The van der Waals surface area contributed by atoms with Crippen molar-refractivity contribution in [2.75, 3.05) is 11.5 Å². The zero-order valence-corrected chi connectivity index (χ0v) is 19.5. The number of aromatic carboxylic acids is 1. The number of benzene rings is 1. The predicted molar refractivity (Wildman–Crippen MR) is 126 cm³/mol. The van der Waals surface area contributed by atoms with E-state index in [1.54, 1.807) is 30.5 Å². The third-order valence-electron chi connectivity index (χ3n) is 4.68. The largest absolute Gasteiger partial charge is 0.481 e. The molecule has 10 heteroatoms. The number of aliphatic carboxylic acids is 2. The standard InChI is InChI=1S/C22H28N2O6S2/c1-2-3-4-18-23-13-17(22(31-11-9-19(25)26)32-12-10-20(27)28)24(18)14-15-5-7-16(8-6-15)21(29)30/h5-8,13,22H,2-4,9-12,14H2,1H3,(H,25,26)(H,27,28)(H,29,30). The van der Waals surface area contributed by atoms with Crippen LogP contribution in [0.25, 0.3) is 0 Å². The van der Waals surface area contributed by atoms with Crippen molar-refractivity contribution in [1.29, 1.82) is 0 Å². The van der Waals surface area contributed by atoms with Crippen LogP contribution >= 0.6 is 23.5 Å². The Labute approximate surface area is 195 Å². The van der Waals surface area contributed by atoms with E-state index in [-0.39, 0.29) is 23.0 Å². The molecule has 0 saturated carbocycles. The Bertz CT molecular complexity index is 894. The molecule has 8 nitrogen and oxygen atoms in total. The average Bonchev–Trinajstić information content (AvgIpc) is 3.13. The van der Waals surface area contributed by atoms with E-state index in [0.717, 1.165) is 36.3 Å². The first kappa shape index (κ1) is 25.8. The number of carbonyl (C=O) groups is 3. The summed E-state index contributed by atoms with van der Waals surface area (Å²) in [5.41, 5.74) is 2.05. The Balaban J connectivity index is 2.31. The lowest BCUT2D eigenvalue weighted by Gasteiger charge is -2.20. The van der Waals surface area contributed by atoms with Crippen LogP contribution in [0.5, 0.6) is 0 Å². The van der Waals surface area contributed by atoms with Crippen LogP contribution in [0.4, 0.5) is 0 Å². The number of imidazole rings is 1. The summed E-state index contributed by atoms with van der Waals surface area (Å²) in [4.78, 5) is 37.7. The zero-order chi connectivity index (χ0) is 23.5. The second-order valence-electron chi connectivity index (χ2n) is 7.15. The molecule has 0 aliphatic carbocycles. The van der Waals surface area contributed by atoms with E-state index in [0.29, 0.717) is 18.1 Å². The van der Waals surface area contributed by atoms with Crippen LogP contribution in [-0.2, 0) is 22.6 Å². The van der Waals surface area contributed by atoms with Crippen molar-refractivity contribution in [2.45, 2.75) is 50.2 Å². The summed E-state index contributed by atoms with van der Waals surface area (Å²) in [5, 5.41) is 27.1. The maximum atomic E-state index is 11.1. The van der Waals surface area contributed by atoms with Crippen LogP contribution in [-0.4, -0.2) is 54.3 Å². The van der Waals surface area contributed by atoms with Gasteiger partial charge in [0.1, 0.15) is 5.82 Å². The summed E-state index contributed by atoms with van der Waals surface area (Å²) in [5.74, 6) is -1.00. The molecule has 0 saturated heterocycles. The van der Waals surface area contributed by atoms with E-state index in [1.807, 2.05) is 0 Å². The van der Waals surface area contributed by atoms with Crippen molar-refractivity contribution >= 4 is 41.4 Å². The molecule has 1 aromatic carbocycles. The highest BCUT2D eigenvalue weighted by atomic mass is 32.2. The molecule has 2 aromatic rings. The highest BCUT2D eigenvalue weighted by Gasteiger charge is 2.21. The molecular weight excluding hydrogens is 452 g/mol. The van der Waals surface area contributed by atoms with Crippen LogP contribution in [0.1, 0.15) is 64.6 Å². The number of carboxylic acids is 3. The highest BCUT2D eigenvalue weighted by Crippen LogP contribution is 2.40. The van der Waals surface area contributed by atoms with Gasteiger partial charge in [0.05, 0.1) is 34.9 Å². The molecule has 0 unspecified atom stereocenters. The van der Waals surface area contributed by atoms with Gasteiger partial charge in [0.2, 0.25) is 0 Å². The monoisotopic (exact) mass is 480 g/mol. The van der Waals surface area contributed by atoms with Crippen molar-refractivity contribution in [3.05, 3.63) is 53.1 Å². The second kappa shape index (κ2) is 13.2. The molecule has 1 aromatic heterocycles. The molecule has 3 N–H and O–H groups in total. The minimum Gasteiger partial charge on any atom is -0.481 e. The van der Waals surface area contributed by atoms with Gasteiger partial charge in [-0.05, 0) is 24.1 Å². The zero-order valence-electron chi connectivity index (χ0n) is 17.9. The SMILES string of the molecule is CCCCc1ncc(C(SCCC(=O)O)SCCC(=O)O)n1Cc1ccc(C(=O)O)cc1. The maximum absolute atomic E-state index is 11.1. The lowest BCUT2D eigenvalue weighted by atomic mass is 10.1. The Kier molecular flexibility index (Phi) is 10.6. The number of carboxylic acid groups (broad SMARTS) is 3. The lowest BCUT2D eigenvalue weighted by molar-refractivity contribution is -0.137. The van der Waals surface area contributed by atoms with Crippen LogP contribution in [0, 0.1) is 0 Å². The van der Waals surface area contributed by atoms with Crippen molar-refractivity contribution in [3.63, 3.8) is 0 Å². The molecule has 0 fully saturated rings. The summed E-state index contributed by atoms with van der Waals surface area (Å²) >= 11 is 2.95. The Hall–Kier alpha value is -2.46. The van der Waals surface area contributed by atoms with Crippen molar-refractivity contribution < 1.29 is 29.7 Å². The van der Waals surface area contributed by atoms with Crippen molar-refractivity contribution in [1.82, 2.24) is 9.55 Å². The van der Waals surface area contributed by atoms with Gasteiger partial charge in [-0.25, -0.2) is 9.78 Å². The first-order valence-corrected chi connectivity index (χ1v) is 12.4. The molecule has 0 bridgehead atoms. The summed E-state index contributed by atoms with van der Waals surface area (Å²) in [6.07, 6.45) is 4.61. The van der Waals surface area contributed by atoms with E-state index in [4.69, 9.17) is 15.3 Å². The molecule has 0 radical (unpaired) electrons. The van der Waals surface area contributed by atoms with Gasteiger partial charge in [0.25, 0.3) is 0 Å². The molecule has 2 rings (SSSR count). The Morgan fingerprint density at radius 3 is 2.09 bits per heavy atom. The van der Waals surface area contributed by atoms with Gasteiger partial charge in [0.15, 0.2) is 0 Å². The topological polar surface area (TPSA) is 130 Å². The van der Waals surface area contributed by atoms with Crippen LogP contribution < -0.4 is 0 Å². The minimum atomic E-state index is -0.978. The first-order chi connectivity index (χ1) is 15.3. The summed E-state index contributed by atoms with van der Waals surface area (Å²) in [6.45, 7) is 2.61. The Morgan fingerprint density at radius 2 is 1.59 bits per heavy atom. The van der Waals surface area contributed by atoms with Crippen LogP contribution in [0.15, 0.2) is 30.5 Å². The molecule has 174 valence electrons. The van der Waals surface area contributed by atoms with E-state index in [1.165, 1.54) is 23.5 Å². The van der Waals surface area contributed by atoms with Gasteiger partial charge in [0, 0.05) is 24.5 Å². The molecule has 1 heterocycles. The number of aromatic nitrogens is 2. The molecule has 0 aliphatic heterocycles. The first-order valence-electron chi connectivity index (χ1n) is 10.3.